The highest BCUT2D eigenvalue weighted by Crippen LogP contribution is 2.26. The Morgan fingerprint density at radius 1 is 0.636 bits per heavy atom. The number of rotatable bonds is 8. The van der Waals surface area contributed by atoms with Gasteiger partial charge in [-0.2, -0.15) is 10.2 Å². The highest BCUT2D eigenvalue weighted by molar-refractivity contribution is 5.49. The molecule has 2 nitrogen and oxygen atoms in total. The molecular formula is C20H26N2. The summed E-state index contributed by atoms with van der Waals surface area (Å²) >= 11 is 0. The van der Waals surface area contributed by atoms with E-state index in [9.17, 15) is 0 Å². The molecule has 0 bridgehead atoms. The smallest absolute Gasteiger partial charge is 0.0889 e. The van der Waals surface area contributed by atoms with E-state index in [0.717, 1.165) is 24.2 Å². The van der Waals surface area contributed by atoms with Gasteiger partial charge in [0, 0.05) is 0 Å². The predicted molar refractivity (Wildman–Crippen MR) is 94.3 cm³/mol. The van der Waals surface area contributed by atoms with Gasteiger partial charge in [0.2, 0.25) is 0 Å². The summed E-state index contributed by atoms with van der Waals surface area (Å²) in [4.78, 5) is 0. The topological polar surface area (TPSA) is 24.7 Å². The molecule has 2 aromatic carbocycles. The van der Waals surface area contributed by atoms with E-state index in [1.807, 2.05) is 12.1 Å². The van der Waals surface area contributed by atoms with Crippen molar-refractivity contribution in [2.24, 2.45) is 10.2 Å². The molecule has 0 atom stereocenters. The van der Waals surface area contributed by atoms with Crippen LogP contribution in [0, 0.1) is 0 Å². The minimum atomic E-state index is 1.00. The zero-order chi connectivity index (χ0) is 15.6. The van der Waals surface area contributed by atoms with E-state index in [0.29, 0.717) is 0 Å². The molecule has 0 aliphatic heterocycles. The van der Waals surface area contributed by atoms with Crippen molar-refractivity contribution in [3.8, 4) is 0 Å². The molecule has 2 heteroatoms. The molecule has 0 saturated heterocycles. The third kappa shape index (κ3) is 4.80. The first-order chi connectivity index (χ1) is 10.8. The fraction of sp³-hybridized carbons (Fsp3) is 0.400. The number of hydrogen-bond donors (Lipinski definition) is 0. The van der Waals surface area contributed by atoms with Gasteiger partial charge in [-0.25, -0.2) is 0 Å². The Labute approximate surface area is 134 Å². The van der Waals surface area contributed by atoms with Gasteiger partial charge in [-0.3, -0.25) is 0 Å². The van der Waals surface area contributed by atoms with Crippen LogP contribution in [0.1, 0.15) is 50.7 Å². The lowest BCUT2D eigenvalue weighted by Crippen LogP contribution is -1.86. The van der Waals surface area contributed by atoms with E-state index < -0.39 is 0 Å². The summed E-state index contributed by atoms with van der Waals surface area (Å²) in [5.41, 5.74) is 4.58. The molecule has 116 valence electrons. The SMILES string of the molecule is CCCCc1ccccc1N=Nc1ccccc1CCCC. The maximum Gasteiger partial charge on any atom is 0.0889 e. The molecule has 0 spiro atoms. The molecule has 0 amide bonds. The second-order valence-corrected chi connectivity index (χ2v) is 5.66. The van der Waals surface area contributed by atoms with Gasteiger partial charge in [0.25, 0.3) is 0 Å². The first-order valence-electron chi connectivity index (χ1n) is 8.42. The van der Waals surface area contributed by atoms with Crippen LogP contribution < -0.4 is 0 Å². The average Bonchev–Trinajstić information content (AvgIpc) is 2.57. The Hall–Kier alpha value is -1.96. The number of azo groups is 1. The van der Waals surface area contributed by atoms with Gasteiger partial charge >= 0.3 is 0 Å². The molecule has 0 unspecified atom stereocenters. The van der Waals surface area contributed by atoms with Gasteiger partial charge in [0.05, 0.1) is 11.4 Å². The van der Waals surface area contributed by atoms with Crippen molar-refractivity contribution in [2.45, 2.75) is 52.4 Å². The molecular weight excluding hydrogens is 268 g/mol. The van der Waals surface area contributed by atoms with Crippen molar-refractivity contribution in [3.05, 3.63) is 59.7 Å². The summed E-state index contributed by atoms with van der Waals surface area (Å²) in [6.45, 7) is 4.43. The quantitative estimate of drug-likeness (QED) is 0.479. The molecule has 0 aliphatic carbocycles. The van der Waals surface area contributed by atoms with Crippen molar-refractivity contribution in [1.29, 1.82) is 0 Å². The van der Waals surface area contributed by atoms with Crippen molar-refractivity contribution < 1.29 is 0 Å². The second kappa shape index (κ2) is 9.14. The summed E-state index contributed by atoms with van der Waals surface area (Å²) in [7, 11) is 0. The molecule has 2 aromatic rings. The van der Waals surface area contributed by atoms with Gasteiger partial charge < -0.3 is 0 Å². The van der Waals surface area contributed by atoms with Crippen LogP contribution in [0.2, 0.25) is 0 Å². The molecule has 0 fully saturated rings. The molecule has 0 radical (unpaired) electrons. The summed E-state index contributed by atoms with van der Waals surface area (Å²) in [6.07, 6.45) is 6.93. The third-order valence-corrected chi connectivity index (χ3v) is 3.85. The Morgan fingerprint density at radius 2 is 1.05 bits per heavy atom. The zero-order valence-corrected chi connectivity index (χ0v) is 13.8. The van der Waals surface area contributed by atoms with E-state index in [-0.39, 0.29) is 0 Å². The summed E-state index contributed by atoms with van der Waals surface area (Å²) in [6, 6.07) is 16.7. The minimum absolute atomic E-state index is 1.00. The summed E-state index contributed by atoms with van der Waals surface area (Å²) in [5, 5.41) is 9.05. The Balaban J connectivity index is 2.18. The largest absolute Gasteiger partial charge is 0.150 e. The molecule has 22 heavy (non-hydrogen) atoms. The van der Waals surface area contributed by atoms with Crippen molar-refractivity contribution in [1.82, 2.24) is 0 Å². The predicted octanol–water partition coefficient (Wildman–Crippen LogP) is 6.79. The van der Waals surface area contributed by atoms with Gasteiger partial charge in [0.1, 0.15) is 0 Å². The second-order valence-electron chi connectivity index (χ2n) is 5.66. The van der Waals surface area contributed by atoms with Crippen LogP contribution in [0.4, 0.5) is 11.4 Å². The summed E-state index contributed by atoms with van der Waals surface area (Å²) < 4.78 is 0. The number of hydrogen-bond acceptors (Lipinski definition) is 2. The van der Waals surface area contributed by atoms with Crippen LogP contribution in [-0.2, 0) is 12.8 Å². The molecule has 0 heterocycles. The minimum Gasteiger partial charge on any atom is -0.150 e. The van der Waals surface area contributed by atoms with Gasteiger partial charge in [0.15, 0.2) is 0 Å². The number of benzene rings is 2. The van der Waals surface area contributed by atoms with Crippen molar-refractivity contribution in [3.63, 3.8) is 0 Å². The highest BCUT2D eigenvalue weighted by atomic mass is 15.1. The van der Waals surface area contributed by atoms with Crippen molar-refractivity contribution in [2.75, 3.05) is 0 Å². The molecule has 2 rings (SSSR count). The Morgan fingerprint density at radius 3 is 1.45 bits per heavy atom. The molecule has 0 aliphatic rings. The first-order valence-corrected chi connectivity index (χ1v) is 8.42. The maximum absolute atomic E-state index is 4.52. The molecule has 0 N–H and O–H groups in total. The Kier molecular flexibility index (Phi) is 6.82. The van der Waals surface area contributed by atoms with Crippen LogP contribution in [0.3, 0.4) is 0 Å². The van der Waals surface area contributed by atoms with Crippen LogP contribution in [0.5, 0.6) is 0 Å². The van der Waals surface area contributed by atoms with Gasteiger partial charge in [-0.15, -0.1) is 0 Å². The average molecular weight is 294 g/mol. The zero-order valence-electron chi connectivity index (χ0n) is 13.8. The standard InChI is InChI=1S/C20H26N2/c1-3-5-11-17-13-7-9-15-19(17)21-22-20-16-10-8-14-18(20)12-6-4-2/h7-10,13-16H,3-6,11-12H2,1-2H3. The first kappa shape index (κ1) is 16.4. The van der Waals surface area contributed by atoms with Gasteiger partial charge in [-0.05, 0) is 48.9 Å². The lowest BCUT2D eigenvalue weighted by atomic mass is 10.1. The normalized spacial score (nSPS) is 11.2. The maximum atomic E-state index is 4.52. The van der Waals surface area contributed by atoms with Gasteiger partial charge in [-0.1, -0.05) is 63.1 Å². The Bertz CT molecular complexity index is 549. The van der Waals surface area contributed by atoms with Crippen molar-refractivity contribution >= 4 is 11.4 Å². The van der Waals surface area contributed by atoms with E-state index in [1.54, 1.807) is 0 Å². The van der Waals surface area contributed by atoms with Crippen LogP contribution in [0.25, 0.3) is 0 Å². The fourth-order valence-electron chi connectivity index (χ4n) is 2.48. The van der Waals surface area contributed by atoms with E-state index in [1.165, 1.54) is 36.8 Å². The molecule has 0 saturated carbocycles. The van der Waals surface area contributed by atoms with E-state index >= 15 is 0 Å². The number of nitrogens with zero attached hydrogens (tertiary/aromatic N) is 2. The number of aryl methyl sites for hydroxylation is 2. The fourth-order valence-corrected chi connectivity index (χ4v) is 2.48. The van der Waals surface area contributed by atoms with Crippen LogP contribution >= 0.6 is 0 Å². The molecule has 0 aromatic heterocycles. The highest BCUT2D eigenvalue weighted by Gasteiger charge is 2.02. The summed E-state index contributed by atoms with van der Waals surface area (Å²) in [5.74, 6) is 0. The monoisotopic (exact) mass is 294 g/mol. The van der Waals surface area contributed by atoms with Crippen LogP contribution in [-0.4, -0.2) is 0 Å². The van der Waals surface area contributed by atoms with E-state index in [4.69, 9.17) is 0 Å². The lowest BCUT2D eigenvalue weighted by molar-refractivity contribution is 0.792. The number of unbranched alkanes of at least 4 members (excludes halogenated alkanes) is 2. The lowest BCUT2D eigenvalue weighted by Gasteiger charge is -2.05. The van der Waals surface area contributed by atoms with E-state index in [2.05, 4.69) is 60.5 Å². The third-order valence-electron chi connectivity index (χ3n) is 3.85. The van der Waals surface area contributed by atoms with Crippen LogP contribution in [0.15, 0.2) is 58.8 Å².